The Morgan fingerprint density at radius 3 is 2.64 bits per heavy atom. The maximum absolute atomic E-state index is 12.7. The van der Waals surface area contributed by atoms with Crippen LogP contribution in [0.1, 0.15) is 32.1 Å². The van der Waals surface area contributed by atoms with E-state index in [0.717, 1.165) is 30.9 Å². The summed E-state index contributed by atoms with van der Waals surface area (Å²) in [5.74, 6) is 0.905. The van der Waals surface area contributed by atoms with Gasteiger partial charge in [-0.25, -0.2) is 4.98 Å². The number of nitrogens with zero attached hydrogens (tertiary/aromatic N) is 2. The number of nitrogens with one attached hydrogen (secondary N) is 1. The van der Waals surface area contributed by atoms with Crippen LogP contribution in [0, 0.1) is 0 Å². The number of fused-ring (bicyclic) bond motifs is 1. The molecule has 5 heteroatoms. The molecule has 1 atom stereocenters. The van der Waals surface area contributed by atoms with Crippen LogP contribution in [0.5, 0.6) is 0 Å². The number of likely N-dealkylation sites (N-methyl/N-ethyl adjacent to an activating group) is 1. The fraction of sp³-hybridized carbons (Fsp3) is 0.529. The largest absolute Gasteiger partial charge is 0.335 e. The van der Waals surface area contributed by atoms with Gasteiger partial charge < -0.3 is 10.2 Å². The van der Waals surface area contributed by atoms with Crippen LogP contribution in [-0.4, -0.2) is 36.7 Å². The highest BCUT2D eigenvalue weighted by Gasteiger charge is 2.20. The molecule has 0 radical (unpaired) electrons. The van der Waals surface area contributed by atoms with Gasteiger partial charge in [-0.1, -0.05) is 19.1 Å². The van der Waals surface area contributed by atoms with E-state index in [0.29, 0.717) is 11.9 Å². The van der Waals surface area contributed by atoms with Crippen molar-refractivity contribution >= 4 is 10.9 Å². The monoisotopic (exact) mass is 304 g/mol. The molecule has 0 saturated heterocycles. The summed E-state index contributed by atoms with van der Waals surface area (Å²) in [5, 5.41) is 3.02. The summed E-state index contributed by atoms with van der Waals surface area (Å²) in [7, 11) is 4.32. The first-order valence-electron chi connectivity index (χ1n) is 8.20. The van der Waals surface area contributed by atoms with E-state index in [-0.39, 0.29) is 11.6 Å². The molecule has 0 aliphatic carbocycles. The van der Waals surface area contributed by atoms with Crippen molar-refractivity contribution in [1.82, 2.24) is 9.55 Å². The van der Waals surface area contributed by atoms with Crippen molar-refractivity contribution < 1.29 is 10.2 Å². The number of hydrogen-bond acceptors (Lipinski definition) is 2. The lowest BCUT2D eigenvalue weighted by atomic mass is 10.1. The Labute approximate surface area is 132 Å². The molecular weight excluding hydrogens is 276 g/mol. The van der Waals surface area contributed by atoms with Gasteiger partial charge in [0.1, 0.15) is 19.1 Å². The fourth-order valence-electron chi connectivity index (χ4n) is 2.80. The maximum Gasteiger partial charge on any atom is 0.261 e. The van der Waals surface area contributed by atoms with Crippen LogP contribution in [0.3, 0.4) is 0 Å². The van der Waals surface area contributed by atoms with Crippen molar-refractivity contribution in [3.05, 3.63) is 40.4 Å². The third-order valence-corrected chi connectivity index (χ3v) is 4.07. The van der Waals surface area contributed by atoms with Gasteiger partial charge in [-0.05, 0) is 19.1 Å². The minimum Gasteiger partial charge on any atom is -0.335 e. The molecular formula is C17H28N4O+2. The lowest BCUT2D eigenvalue weighted by Gasteiger charge is -2.18. The highest BCUT2D eigenvalue weighted by molar-refractivity contribution is 5.77. The molecule has 0 unspecified atom stereocenters. The van der Waals surface area contributed by atoms with E-state index >= 15 is 0 Å². The maximum atomic E-state index is 12.7. The molecule has 0 aliphatic rings. The van der Waals surface area contributed by atoms with Crippen LogP contribution in [0.4, 0.5) is 0 Å². The topological polar surface area (TPSA) is 55.9 Å². The normalized spacial score (nSPS) is 13.0. The van der Waals surface area contributed by atoms with E-state index in [2.05, 4.69) is 26.3 Å². The number of aromatic nitrogens is 2. The van der Waals surface area contributed by atoms with E-state index in [1.165, 1.54) is 4.90 Å². The van der Waals surface area contributed by atoms with E-state index < -0.39 is 0 Å². The second kappa shape index (κ2) is 7.51. The Bertz CT molecular complexity index is 678. The standard InChI is InChI=1S/C17H26N4O/c1-5-14(18-11-12-20(3)4)16-19-15-10-8-7-9-13(15)17(22)21(16)6-2/h7-10,14,18H,5-6,11-12H2,1-4H3/p+2/t14-/m1/s1. The zero-order valence-corrected chi connectivity index (χ0v) is 14.1. The van der Waals surface area contributed by atoms with Gasteiger partial charge in [0.15, 0.2) is 5.82 Å². The number of benzene rings is 1. The van der Waals surface area contributed by atoms with E-state index in [1.807, 2.05) is 35.8 Å². The molecule has 120 valence electrons. The molecule has 3 N–H and O–H groups in total. The Balaban J connectivity index is 2.41. The minimum absolute atomic E-state index is 0.0770. The van der Waals surface area contributed by atoms with E-state index in [9.17, 15) is 4.79 Å². The second-order valence-electron chi connectivity index (χ2n) is 6.03. The molecule has 1 aromatic heterocycles. The quantitative estimate of drug-likeness (QED) is 0.730. The van der Waals surface area contributed by atoms with Gasteiger partial charge in [0.05, 0.1) is 25.0 Å². The lowest BCUT2D eigenvalue weighted by Crippen LogP contribution is -3.09. The summed E-state index contributed by atoms with van der Waals surface area (Å²) < 4.78 is 1.83. The first-order valence-corrected chi connectivity index (χ1v) is 8.20. The number of para-hydroxylation sites is 1. The highest BCUT2D eigenvalue weighted by Crippen LogP contribution is 2.13. The molecule has 0 bridgehead atoms. The van der Waals surface area contributed by atoms with Crippen molar-refractivity contribution in [2.75, 3.05) is 27.2 Å². The molecule has 5 nitrogen and oxygen atoms in total. The first-order chi connectivity index (χ1) is 10.6. The number of rotatable bonds is 7. The Hall–Kier alpha value is -1.72. The average Bonchev–Trinajstić information content (AvgIpc) is 2.51. The predicted octanol–water partition coefficient (Wildman–Crippen LogP) is -0.425. The van der Waals surface area contributed by atoms with Crippen molar-refractivity contribution in [3.8, 4) is 0 Å². The summed E-state index contributed by atoms with van der Waals surface area (Å²) in [6.07, 6.45) is 0.966. The van der Waals surface area contributed by atoms with Crippen LogP contribution >= 0.6 is 0 Å². The van der Waals surface area contributed by atoms with Gasteiger partial charge in [-0.3, -0.25) is 9.36 Å². The van der Waals surface area contributed by atoms with Gasteiger partial charge in [0.2, 0.25) is 0 Å². The van der Waals surface area contributed by atoms with Gasteiger partial charge >= 0.3 is 0 Å². The van der Waals surface area contributed by atoms with Crippen LogP contribution in [0.2, 0.25) is 0 Å². The highest BCUT2D eigenvalue weighted by atomic mass is 16.1. The van der Waals surface area contributed by atoms with Crippen LogP contribution in [0.25, 0.3) is 10.9 Å². The van der Waals surface area contributed by atoms with Crippen molar-refractivity contribution in [2.24, 2.45) is 0 Å². The van der Waals surface area contributed by atoms with E-state index in [4.69, 9.17) is 4.98 Å². The number of nitrogens with two attached hydrogens (primary N) is 1. The lowest BCUT2D eigenvalue weighted by molar-refractivity contribution is -0.877. The third-order valence-electron chi connectivity index (χ3n) is 4.07. The molecule has 0 aliphatic heterocycles. The molecule has 1 aromatic carbocycles. The number of hydrogen-bond donors (Lipinski definition) is 2. The summed E-state index contributed by atoms with van der Waals surface area (Å²) in [4.78, 5) is 18.9. The molecule has 2 rings (SSSR count). The van der Waals surface area contributed by atoms with Gasteiger partial charge in [0, 0.05) is 13.0 Å². The smallest absolute Gasteiger partial charge is 0.261 e. The van der Waals surface area contributed by atoms with E-state index in [1.54, 1.807) is 0 Å². The number of quaternary nitrogens is 2. The second-order valence-corrected chi connectivity index (χ2v) is 6.03. The predicted molar refractivity (Wildman–Crippen MR) is 89.2 cm³/mol. The average molecular weight is 304 g/mol. The Morgan fingerprint density at radius 2 is 2.00 bits per heavy atom. The summed E-state index contributed by atoms with van der Waals surface area (Å²) in [5.41, 5.74) is 0.880. The van der Waals surface area contributed by atoms with Crippen molar-refractivity contribution in [3.63, 3.8) is 0 Å². The first kappa shape index (κ1) is 16.6. The molecule has 22 heavy (non-hydrogen) atoms. The minimum atomic E-state index is 0.0770. The van der Waals surface area contributed by atoms with Crippen molar-refractivity contribution in [2.45, 2.75) is 32.9 Å². The molecule has 0 saturated carbocycles. The fourth-order valence-corrected chi connectivity index (χ4v) is 2.80. The Morgan fingerprint density at radius 1 is 1.27 bits per heavy atom. The van der Waals surface area contributed by atoms with Crippen molar-refractivity contribution in [1.29, 1.82) is 0 Å². The van der Waals surface area contributed by atoms with Crippen LogP contribution in [-0.2, 0) is 6.54 Å². The molecule has 0 amide bonds. The zero-order chi connectivity index (χ0) is 16.1. The van der Waals surface area contributed by atoms with Gasteiger partial charge in [0.25, 0.3) is 5.56 Å². The third kappa shape index (κ3) is 3.54. The van der Waals surface area contributed by atoms with Gasteiger partial charge in [-0.15, -0.1) is 0 Å². The summed E-state index contributed by atoms with van der Waals surface area (Å²) in [6.45, 7) is 6.96. The van der Waals surface area contributed by atoms with Gasteiger partial charge in [-0.2, -0.15) is 0 Å². The summed E-state index contributed by atoms with van der Waals surface area (Å²) in [6, 6.07) is 7.86. The van der Waals surface area contributed by atoms with Crippen LogP contribution < -0.4 is 15.8 Å². The summed E-state index contributed by atoms with van der Waals surface area (Å²) >= 11 is 0. The Kier molecular flexibility index (Phi) is 5.69. The van der Waals surface area contributed by atoms with Crippen LogP contribution in [0.15, 0.2) is 29.1 Å². The SMILES string of the molecule is CC[C@@H]([NH2+]CC[NH+](C)C)c1nc2ccccc2c(=O)n1CC. The molecule has 0 fully saturated rings. The molecule has 2 aromatic rings. The molecule has 0 spiro atoms. The zero-order valence-electron chi connectivity index (χ0n) is 14.1. The molecule has 1 heterocycles.